The average molecular weight is 179 g/mol. The molecule has 0 aromatic rings. The van der Waals surface area contributed by atoms with Gasteiger partial charge in [0, 0.05) is 31.9 Å². The summed E-state index contributed by atoms with van der Waals surface area (Å²) in [7, 11) is 0. The lowest BCUT2D eigenvalue weighted by molar-refractivity contribution is 0.248. The van der Waals surface area contributed by atoms with Crippen molar-refractivity contribution in [2.24, 2.45) is 4.99 Å². The number of allylic oxidation sites excluding steroid dienone is 1. The first-order valence-electron chi connectivity index (χ1n) is 5.08. The molecule has 72 valence electrons. The van der Waals surface area contributed by atoms with E-state index < -0.39 is 0 Å². The second-order valence-electron chi connectivity index (χ2n) is 3.61. The number of hydrogen-bond donors (Lipinski definition) is 1. The van der Waals surface area contributed by atoms with Gasteiger partial charge in [0.25, 0.3) is 0 Å². The zero-order valence-electron chi connectivity index (χ0n) is 7.95. The maximum absolute atomic E-state index is 4.29. The highest BCUT2D eigenvalue weighted by atomic mass is 15.2. The molecular formula is C10H17N3. The highest BCUT2D eigenvalue weighted by Crippen LogP contribution is 2.07. The van der Waals surface area contributed by atoms with E-state index >= 15 is 0 Å². The molecule has 3 nitrogen and oxygen atoms in total. The lowest BCUT2D eigenvalue weighted by Gasteiger charge is -2.27. The molecule has 2 rings (SSSR count). The fraction of sp³-hybridized carbons (Fsp3) is 0.700. The number of hydrogen-bond acceptors (Lipinski definition) is 3. The van der Waals surface area contributed by atoms with Crippen molar-refractivity contribution < 1.29 is 0 Å². The van der Waals surface area contributed by atoms with Crippen molar-refractivity contribution in [1.82, 2.24) is 10.2 Å². The first-order valence-corrected chi connectivity index (χ1v) is 5.08. The van der Waals surface area contributed by atoms with Crippen molar-refractivity contribution in [3.8, 4) is 0 Å². The predicted octanol–water partition coefficient (Wildman–Crippen LogP) is 0.291. The maximum Gasteiger partial charge on any atom is 0.0581 e. The summed E-state index contributed by atoms with van der Waals surface area (Å²) in [4.78, 5) is 6.81. The molecule has 3 heteroatoms. The Morgan fingerprint density at radius 2 is 2.31 bits per heavy atom. The normalized spacial score (nSPS) is 30.3. The van der Waals surface area contributed by atoms with Gasteiger partial charge >= 0.3 is 0 Å². The number of aliphatic imine (C=N–C) groups is 1. The molecule has 0 amide bonds. The van der Waals surface area contributed by atoms with Crippen LogP contribution in [0.3, 0.4) is 0 Å². The van der Waals surface area contributed by atoms with Crippen LogP contribution >= 0.6 is 0 Å². The third-order valence-corrected chi connectivity index (χ3v) is 2.66. The molecule has 1 saturated heterocycles. The van der Waals surface area contributed by atoms with Gasteiger partial charge in [0.2, 0.25) is 0 Å². The Morgan fingerprint density at radius 3 is 3.15 bits per heavy atom. The van der Waals surface area contributed by atoms with E-state index in [0.717, 1.165) is 26.2 Å². The Labute approximate surface area is 79.5 Å². The largest absolute Gasteiger partial charge is 0.315 e. The van der Waals surface area contributed by atoms with Crippen LogP contribution in [0.25, 0.3) is 0 Å². The van der Waals surface area contributed by atoms with Gasteiger partial charge in [-0.3, -0.25) is 9.89 Å². The van der Waals surface area contributed by atoms with Crippen LogP contribution in [0, 0.1) is 0 Å². The fourth-order valence-electron chi connectivity index (χ4n) is 1.90. The van der Waals surface area contributed by atoms with E-state index in [9.17, 15) is 0 Å². The van der Waals surface area contributed by atoms with E-state index in [1.54, 1.807) is 0 Å². The molecule has 0 aliphatic carbocycles. The van der Waals surface area contributed by atoms with E-state index in [-0.39, 0.29) is 0 Å². The monoisotopic (exact) mass is 179 g/mol. The van der Waals surface area contributed by atoms with Gasteiger partial charge in [0.05, 0.1) is 6.54 Å². The Hall–Kier alpha value is -0.670. The van der Waals surface area contributed by atoms with Gasteiger partial charge in [-0.2, -0.15) is 0 Å². The predicted molar refractivity (Wildman–Crippen MR) is 55.3 cm³/mol. The minimum atomic E-state index is 0.546. The van der Waals surface area contributed by atoms with Crippen molar-refractivity contribution >= 4 is 6.21 Å². The van der Waals surface area contributed by atoms with Crippen molar-refractivity contribution in [3.05, 3.63) is 12.2 Å². The van der Waals surface area contributed by atoms with E-state index in [4.69, 9.17) is 0 Å². The molecule has 1 N–H and O–H groups in total. The minimum absolute atomic E-state index is 0.546. The Morgan fingerprint density at radius 1 is 1.31 bits per heavy atom. The summed E-state index contributed by atoms with van der Waals surface area (Å²) >= 11 is 0. The highest BCUT2D eigenvalue weighted by Gasteiger charge is 2.17. The first kappa shape index (κ1) is 8.91. The number of nitrogens with one attached hydrogen (secondary N) is 1. The molecular weight excluding hydrogens is 162 g/mol. The summed E-state index contributed by atoms with van der Waals surface area (Å²) in [5.41, 5.74) is 0. The molecule has 0 aromatic carbocycles. The van der Waals surface area contributed by atoms with Crippen LogP contribution in [-0.2, 0) is 0 Å². The number of nitrogens with zero attached hydrogens (tertiary/aromatic N) is 2. The van der Waals surface area contributed by atoms with Crippen LogP contribution < -0.4 is 5.32 Å². The van der Waals surface area contributed by atoms with Crippen molar-refractivity contribution in [2.75, 3.05) is 32.7 Å². The minimum Gasteiger partial charge on any atom is -0.315 e. The Balaban J connectivity index is 1.90. The topological polar surface area (TPSA) is 27.6 Å². The number of dihydropyridines is 1. The van der Waals surface area contributed by atoms with E-state index in [1.165, 1.54) is 13.0 Å². The van der Waals surface area contributed by atoms with Crippen LogP contribution in [0.2, 0.25) is 0 Å². The number of rotatable bonds is 1. The summed E-state index contributed by atoms with van der Waals surface area (Å²) in [6.07, 6.45) is 7.48. The SMILES string of the molecule is C1=CC(N2CCCNCC2)CN=C1. The van der Waals surface area contributed by atoms with Crippen LogP contribution in [0.4, 0.5) is 0 Å². The van der Waals surface area contributed by atoms with Gasteiger partial charge in [-0.05, 0) is 19.0 Å². The molecule has 0 radical (unpaired) electrons. The highest BCUT2D eigenvalue weighted by molar-refractivity contribution is 5.72. The first-order chi connectivity index (χ1) is 6.47. The second kappa shape index (κ2) is 4.53. The van der Waals surface area contributed by atoms with Gasteiger partial charge in [-0.1, -0.05) is 6.08 Å². The van der Waals surface area contributed by atoms with Crippen molar-refractivity contribution in [3.63, 3.8) is 0 Å². The molecule has 0 spiro atoms. The lowest BCUT2D eigenvalue weighted by Crippen LogP contribution is -2.39. The fourth-order valence-corrected chi connectivity index (χ4v) is 1.90. The smallest absolute Gasteiger partial charge is 0.0581 e. The second-order valence-corrected chi connectivity index (χ2v) is 3.61. The van der Waals surface area contributed by atoms with Gasteiger partial charge in [-0.25, -0.2) is 0 Å². The quantitative estimate of drug-likeness (QED) is 0.626. The molecule has 0 aromatic heterocycles. The van der Waals surface area contributed by atoms with Crippen molar-refractivity contribution in [1.29, 1.82) is 0 Å². The molecule has 13 heavy (non-hydrogen) atoms. The third-order valence-electron chi connectivity index (χ3n) is 2.66. The third kappa shape index (κ3) is 2.39. The molecule has 1 atom stereocenters. The van der Waals surface area contributed by atoms with E-state index in [1.807, 2.05) is 6.21 Å². The molecule has 1 unspecified atom stereocenters. The zero-order chi connectivity index (χ0) is 8.93. The summed E-state index contributed by atoms with van der Waals surface area (Å²) in [5.74, 6) is 0. The molecule has 2 heterocycles. The maximum atomic E-state index is 4.29. The Kier molecular flexibility index (Phi) is 3.11. The molecule has 0 saturated carbocycles. The Bertz CT molecular complexity index is 202. The molecule has 2 aliphatic heterocycles. The summed E-state index contributed by atoms with van der Waals surface area (Å²) < 4.78 is 0. The summed E-state index contributed by atoms with van der Waals surface area (Å²) in [6, 6.07) is 0.546. The molecule has 0 bridgehead atoms. The van der Waals surface area contributed by atoms with Gasteiger partial charge in [0.15, 0.2) is 0 Å². The van der Waals surface area contributed by atoms with Crippen molar-refractivity contribution in [2.45, 2.75) is 12.5 Å². The lowest BCUT2D eigenvalue weighted by atomic mass is 10.2. The van der Waals surface area contributed by atoms with E-state index in [0.29, 0.717) is 6.04 Å². The summed E-state index contributed by atoms with van der Waals surface area (Å²) in [5, 5.41) is 3.41. The zero-order valence-corrected chi connectivity index (χ0v) is 7.95. The van der Waals surface area contributed by atoms with Crippen LogP contribution in [-0.4, -0.2) is 49.9 Å². The van der Waals surface area contributed by atoms with Gasteiger partial charge < -0.3 is 5.32 Å². The van der Waals surface area contributed by atoms with Crippen LogP contribution in [0.1, 0.15) is 6.42 Å². The average Bonchev–Trinajstić information content (AvgIpc) is 2.47. The molecule has 2 aliphatic rings. The van der Waals surface area contributed by atoms with Crippen LogP contribution in [0.5, 0.6) is 0 Å². The van der Waals surface area contributed by atoms with Gasteiger partial charge in [-0.15, -0.1) is 0 Å². The van der Waals surface area contributed by atoms with Gasteiger partial charge in [0.1, 0.15) is 0 Å². The standard InChI is InChI=1S/C10H17N3/c1-3-10(9-12-4-1)13-7-2-5-11-6-8-13/h1,3-4,10-11H,2,5-9H2. The summed E-state index contributed by atoms with van der Waals surface area (Å²) in [6.45, 7) is 5.59. The van der Waals surface area contributed by atoms with E-state index in [2.05, 4.69) is 27.4 Å². The van der Waals surface area contributed by atoms with Crippen LogP contribution in [0.15, 0.2) is 17.1 Å². The molecule has 1 fully saturated rings.